The molecule has 0 amide bonds. The van der Waals surface area contributed by atoms with Gasteiger partial charge in [-0.1, -0.05) is 0 Å². The highest BCUT2D eigenvalue weighted by Crippen LogP contribution is 1.92. The maximum absolute atomic E-state index is 11.7. The van der Waals surface area contributed by atoms with Gasteiger partial charge in [0.25, 0.3) is 5.56 Å². The van der Waals surface area contributed by atoms with Gasteiger partial charge in [-0.3, -0.25) is 13.9 Å². The average molecular weight is 255 g/mol. The minimum absolute atomic E-state index is 0.269. The van der Waals surface area contributed by atoms with Crippen molar-refractivity contribution in [3.63, 3.8) is 0 Å². The van der Waals surface area contributed by atoms with Crippen molar-refractivity contribution in [3.8, 4) is 0 Å². The quantitative estimate of drug-likeness (QED) is 0.673. The molecule has 0 unspecified atom stereocenters. The van der Waals surface area contributed by atoms with Crippen molar-refractivity contribution >= 4 is 0 Å². The average Bonchev–Trinajstić information content (AvgIpc) is 2.37. The summed E-state index contributed by atoms with van der Waals surface area (Å²) in [5.74, 6) is 0. The number of ether oxygens (including phenoxy) is 1. The van der Waals surface area contributed by atoms with Gasteiger partial charge in [-0.05, 0) is 19.4 Å². The van der Waals surface area contributed by atoms with Gasteiger partial charge in [0.15, 0.2) is 0 Å². The fraction of sp³-hybridized carbons (Fsp3) is 0.667. The lowest BCUT2D eigenvalue weighted by Gasteiger charge is -2.10. The van der Waals surface area contributed by atoms with E-state index in [0.29, 0.717) is 12.2 Å². The van der Waals surface area contributed by atoms with Crippen molar-refractivity contribution < 1.29 is 4.74 Å². The van der Waals surface area contributed by atoms with Crippen LogP contribution in [0.5, 0.6) is 0 Å². The van der Waals surface area contributed by atoms with Gasteiger partial charge in [-0.25, -0.2) is 4.79 Å². The highest BCUT2D eigenvalue weighted by molar-refractivity contribution is 5.01. The number of aromatic nitrogens is 2. The van der Waals surface area contributed by atoms with Gasteiger partial charge in [0, 0.05) is 46.1 Å². The molecule has 0 aliphatic carbocycles. The van der Waals surface area contributed by atoms with E-state index in [-0.39, 0.29) is 11.2 Å². The summed E-state index contributed by atoms with van der Waals surface area (Å²) in [5.41, 5.74) is 0.141. The SMILES string of the molecule is COCCCCNCc1cc(=O)n(C)c(=O)n1C. The summed E-state index contributed by atoms with van der Waals surface area (Å²) in [4.78, 5) is 23.2. The lowest BCUT2D eigenvalue weighted by molar-refractivity contribution is 0.192. The lowest BCUT2D eigenvalue weighted by Crippen LogP contribution is -2.39. The third-order valence-corrected chi connectivity index (χ3v) is 2.88. The minimum atomic E-state index is -0.293. The smallest absolute Gasteiger partial charge is 0.330 e. The molecule has 0 aliphatic rings. The van der Waals surface area contributed by atoms with Crippen molar-refractivity contribution in [2.75, 3.05) is 20.3 Å². The Labute approximate surface area is 106 Å². The van der Waals surface area contributed by atoms with Gasteiger partial charge >= 0.3 is 5.69 Å². The number of methoxy groups -OCH3 is 1. The van der Waals surface area contributed by atoms with Crippen LogP contribution in [0, 0.1) is 0 Å². The molecule has 0 bridgehead atoms. The number of nitrogens with one attached hydrogen (secondary N) is 1. The van der Waals surface area contributed by atoms with Crippen LogP contribution in [-0.4, -0.2) is 29.4 Å². The monoisotopic (exact) mass is 255 g/mol. The first kappa shape index (κ1) is 14.7. The molecule has 1 heterocycles. The predicted octanol–water partition coefficient (Wildman–Crippen LogP) is -0.400. The molecule has 0 fully saturated rings. The Morgan fingerprint density at radius 2 is 1.94 bits per heavy atom. The van der Waals surface area contributed by atoms with E-state index in [0.717, 1.165) is 30.6 Å². The van der Waals surface area contributed by atoms with Crippen LogP contribution in [-0.2, 0) is 25.4 Å². The van der Waals surface area contributed by atoms with Crippen LogP contribution in [0.2, 0.25) is 0 Å². The number of hydrogen-bond acceptors (Lipinski definition) is 4. The van der Waals surface area contributed by atoms with Crippen LogP contribution in [0.4, 0.5) is 0 Å². The summed E-state index contributed by atoms with van der Waals surface area (Å²) in [5, 5.41) is 3.21. The van der Waals surface area contributed by atoms with E-state index < -0.39 is 0 Å². The van der Waals surface area contributed by atoms with Crippen molar-refractivity contribution in [2.24, 2.45) is 14.1 Å². The number of unbranched alkanes of at least 4 members (excludes halogenated alkanes) is 1. The van der Waals surface area contributed by atoms with Crippen LogP contribution in [0.15, 0.2) is 15.7 Å². The largest absolute Gasteiger partial charge is 0.385 e. The maximum atomic E-state index is 11.7. The number of nitrogens with zero attached hydrogens (tertiary/aromatic N) is 2. The summed E-state index contributed by atoms with van der Waals surface area (Å²) < 4.78 is 7.54. The van der Waals surface area contributed by atoms with Crippen molar-refractivity contribution in [3.05, 3.63) is 32.6 Å². The minimum Gasteiger partial charge on any atom is -0.385 e. The van der Waals surface area contributed by atoms with Crippen molar-refractivity contribution in [2.45, 2.75) is 19.4 Å². The number of hydrogen-bond donors (Lipinski definition) is 1. The topological polar surface area (TPSA) is 65.3 Å². The van der Waals surface area contributed by atoms with Crippen LogP contribution >= 0.6 is 0 Å². The standard InChI is InChI=1S/C12H21N3O3/c1-14-10(8-11(16)15(2)12(14)17)9-13-6-4-5-7-18-3/h8,13H,4-7,9H2,1-3H3. The van der Waals surface area contributed by atoms with E-state index in [4.69, 9.17) is 4.74 Å². The second-order valence-electron chi connectivity index (χ2n) is 4.25. The first-order valence-corrected chi connectivity index (χ1v) is 6.03. The van der Waals surface area contributed by atoms with Gasteiger partial charge < -0.3 is 10.1 Å². The first-order valence-electron chi connectivity index (χ1n) is 6.03. The van der Waals surface area contributed by atoms with Crippen LogP contribution in [0.1, 0.15) is 18.5 Å². The summed E-state index contributed by atoms with van der Waals surface area (Å²) in [6.07, 6.45) is 2.01. The molecular weight excluding hydrogens is 234 g/mol. The van der Waals surface area contributed by atoms with Gasteiger partial charge in [-0.15, -0.1) is 0 Å². The molecule has 1 aromatic rings. The molecule has 0 aromatic carbocycles. The Morgan fingerprint density at radius 3 is 2.61 bits per heavy atom. The zero-order valence-corrected chi connectivity index (χ0v) is 11.2. The highest BCUT2D eigenvalue weighted by Gasteiger charge is 2.04. The van der Waals surface area contributed by atoms with E-state index in [1.54, 1.807) is 14.2 Å². The molecule has 1 rings (SSSR count). The molecule has 0 saturated carbocycles. The first-order chi connectivity index (χ1) is 8.57. The molecule has 6 nitrogen and oxygen atoms in total. The Balaban J connectivity index is 2.53. The normalized spacial score (nSPS) is 10.8. The molecule has 1 aromatic heterocycles. The molecule has 0 spiro atoms. The van der Waals surface area contributed by atoms with Gasteiger partial charge in [-0.2, -0.15) is 0 Å². The third-order valence-electron chi connectivity index (χ3n) is 2.88. The second-order valence-corrected chi connectivity index (χ2v) is 4.25. The summed E-state index contributed by atoms with van der Waals surface area (Å²) in [7, 11) is 4.83. The van der Waals surface area contributed by atoms with E-state index in [9.17, 15) is 9.59 Å². The van der Waals surface area contributed by atoms with Crippen molar-refractivity contribution in [1.29, 1.82) is 0 Å². The Morgan fingerprint density at radius 1 is 1.22 bits per heavy atom. The number of rotatable bonds is 7. The molecule has 102 valence electrons. The molecule has 6 heteroatoms. The lowest BCUT2D eigenvalue weighted by atomic mass is 10.3. The maximum Gasteiger partial charge on any atom is 0.330 e. The van der Waals surface area contributed by atoms with E-state index >= 15 is 0 Å². The Bertz CT molecular complexity index is 490. The zero-order valence-electron chi connectivity index (χ0n) is 11.2. The van der Waals surface area contributed by atoms with Gasteiger partial charge in [0.1, 0.15) is 0 Å². The molecule has 0 atom stereocenters. The van der Waals surface area contributed by atoms with E-state index in [1.165, 1.54) is 17.7 Å². The van der Waals surface area contributed by atoms with Gasteiger partial charge in [0.2, 0.25) is 0 Å². The fourth-order valence-electron chi connectivity index (χ4n) is 1.66. The van der Waals surface area contributed by atoms with E-state index in [1.807, 2.05) is 0 Å². The molecule has 18 heavy (non-hydrogen) atoms. The van der Waals surface area contributed by atoms with Gasteiger partial charge in [0.05, 0.1) is 0 Å². The molecule has 0 aliphatic heterocycles. The Kier molecular flexibility index (Phi) is 5.80. The summed E-state index contributed by atoms with van der Waals surface area (Å²) in [6.45, 7) is 2.12. The Hall–Kier alpha value is -1.40. The zero-order chi connectivity index (χ0) is 13.5. The second kappa shape index (κ2) is 7.13. The van der Waals surface area contributed by atoms with Crippen LogP contribution in [0.3, 0.4) is 0 Å². The molecule has 0 saturated heterocycles. The molecule has 0 radical (unpaired) electrons. The summed E-state index contributed by atoms with van der Waals surface area (Å²) >= 11 is 0. The van der Waals surface area contributed by atoms with Crippen molar-refractivity contribution in [1.82, 2.24) is 14.5 Å². The third kappa shape index (κ3) is 3.82. The van der Waals surface area contributed by atoms with Crippen LogP contribution in [0.25, 0.3) is 0 Å². The summed E-state index contributed by atoms with van der Waals surface area (Å²) in [6, 6.07) is 1.49. The molecular formula is C12H21N3O3. The fourth-order valence-corrected chi connectivity index (χ4v) is 1.66. The molecule has 1 N–H and O–H groups in total. The highest BCUT2D eigenvalue weighted by atomic mass is 16.5. The predicted molar refractivity (Wildman–Crippen MR) is 69.7 cm³/mol. The van der Waals surface area contributed by atoms with Crippen LogP contribution < -0.4 is 16.6 Å². The van der Waals surface area contributed by atoms with E-state index in [2.05, 4.69) is 5.32 Å².